The van der Waals surface area contributed by atoms with E-state index in [9.17, 15) is 4.79 Å². The second-order valence-electron chi connectivity index (χ2n) is 8.30. The summed E-state index contributed by atoms with van der Waals surface area (Å²) >= 11 is 1.30. The van der Waals surface area contributed by atoms with Gasteiger partial charge in [0.1, 0.15) is 23.9 Å². The number of hydrogen-bond donors (Lipinski definition) is 1. The minimum atomic E-state index is -0.174. The number of benzene rings is 3. The molecule has 9 heteroatoms. The van der Waals surface area contributed by atoms with Crippen molar-refractivity contribution < 1.29 is 19.0 Å². The van der Waals surface area contributed by atoms with E-state index in [1.165, 1.54) is 11.8 Å². The normalized spacial score (nSPS) is 10.7. The first-order valence-electron chi connectivity index (χ1n) is 11.9. The fourth-order valence-corrected chi connectivity index (χ4v) is 4.39. The Labute approximate surface area is 221 Å². The van der Waals surface area contributed by atoms with E-state index < -0.39 is 0 Å². The zero-order valence-corrected chi connectivity index (χ0v) is 22.2. The average molecular weight is 519 g/mol. The lowest BCUT2D eigenvalue weighted by molar-refractivity contribution is -0.113. The minimum Gasteiger partial charge on any atom is -0.495 e. The number of nitrogens with zero attached hydrogens (tertiary/aromatic N) is 3. The van der Waals surface area contributed by atoms with E-state index in [0.29, 0.717) is 29.0 Å². The number of aryl methyl sites for hydroxylation is 2. The number of carbonyl (C=O) groups is 1. The first-order valence-corrected chi connectivity index (χ1v) is 12.9. The topological polar surface area (TPSA) is 87.5 Å². The molecule has 0 aliphatic heterocycles. The van der Waals surface area contributed by atoms with E-state index in [1.807, 2.05) is 92.1 Å². The monoisotopic (exact) mass is 518 g/mol. The molecule has 0 aliphatic rings. The number of rotatable bonds is 11. The summed E-state index contributed by atoms with van der Waals surface area (Å²) in [6.45, 7) is 6.74. The fourth-order valence-electron chi connectivity index (χ4n) is 3.62. The van der Waals surface area contributed by atoms with E-state index in [1.54, 1.807) is 7.11 Å². The maximum absolute atomic E-state index is 12.8. The summed E-state index contributed by atoms with van der Waals surface area (Å²) in [5, 5.41) is 12.2. The van der Waals surface area contributed by atoms with Crippen molar-refractivity contribution >= 4 is 23.4 Å². The molecular weight excluding hydrogens is 488 g/mol. The molecule has 192 valence electrons. The number of ether oxygens (including phenoxy) is 3. The van der Waals surface area contributed by atoms with Gasteiger partial charge in [-0.3, -0.25) is 9.36 Å². The summed E-state index contributed by atoms with van der Waals surface area (Å²) in [6, 6.07) is 21.2. The van der Waals surface area contributed by atoms with Gasteiger partial charge in [-0.15, -0.1) is 10.2 Å². The number of carbonyl (C=O) groups excluding carboxylic acids is 1. The SMILES string of the molecule is CCOc1ccc(-n2c(COc3ccc(C)cc3)nnc2SCC(=O)Nc2cc(C)ccc2OC)cc1. The Morgan fingerprint density at radius 1 is 0.919 bits per heavy atom. The van der Waals surface area contributed by atoms with Gasteiger partial charge in [-0.05, 0) is 74.9 Å². The zero-order chi connectivity index (χ0) is 26.2. The lowest BCUT2D eigenvalue weighted by Gasteiger charge is -2.13. The Kier molecular flexibility index (Phi) is 8.68. The lowest BCUT2D eigenvalue weighted by Crippen LogP contribution is -2.15. The molecule has 3 aromatic carbocycles. The molecular formula is C28H30N4O4S. The van der Waals surface area contributed by atoms with Crippen molar-refractivity contribution in [1.29, 1.82) is 0 Å². The molecule has 0 saturated carbocycles. The summed E-state index contributed by atoms with van der Waals surface area (Å²) in [6.07, 6.45) is 0. The van der Waals surface area contributed by atoms with Crippen LogP contribution < -0.4 is 19.5 Å². The Morgan fingerprint density at radius 2 is 1.59 bits per heavy atom. The van der Waals surface area contributed by atoms with Crippen molar-refractivity contribution in [1.82, 2.24) is 14.8 Å². The number of amides is 1. The molecule has 8 nitrogen and oxygen atoms in total. The van der Waals surface area contributed by atoms with Gasteiger partial charge in [-0.25, -0.2) is 0 Å². The Morgan fingerprint density at radius 3 is 2.30 bits per heavy atom. The van der Waals surface area contributed by atoms with Crippen LogP contribution in [0, 0.1) is 13.8 Å². The highest BCUT2D eigenvalue weighted by molar-refractivity contribution is 7.99. The lowest BCUT2D eigenvalue weighted by atomic mass is 10.2. The predicted molar refractivity (Wildman–Crippen MR) is 145 cm³/mol. The second kappa shape index (κ2) is 12.3. The molecule has 0 radical (unpaired) electrons. The number of aromatic nitrogens is 3. The van der Waals surface area contributed by atoms with Crippen LogP contribution in [0.15, 0.2) is 71.9 Å². The van der Waals surface area contributed by atoms with Crippen LogP contribution in [0.3, 0.4) is 0 Å². The van der Waals surface area contributed by atoms with Crippen molar-refractivity contribution in [2.45, 2.75) is 32.5 Å². The summed E-state index contributed by atoms with van der Waals surface area (Å²) in [5.74, 6) is 2.72. The van der Waals surface area contributed by atoms with Gasteiger partial charge in [0.25, 0.3) is 0 Å². The van der Waals surface area contributed by atoms with E-state index in [-0.39, 0.29) is 18.3 Å². The van der Waals surface area contributed by atoms with E-state index in [0.717, 1.165) is 28.3 Å². The third-order valence-corrected chi connectivity index (χ3v) is 6.39. The Bertz CT molecular complexity index is 1340. The second-order valence-corrected chi connectivity index (χ2v) is 9.25. The minimum absolute atomic E-state index is 0.144. The quantitative estimate of drug-likeness (QED) is 0.259. The number of thioether (sulfide) groups is 1. The molecule has 1 amide bonds. The van der Waals surface area contributed by atoms with Gasteiger partial charge in [0.15, 0.2) is 11.0 Å². The van der Waals surface area contributed by atoms with Crippen LogP contribution in [0.4, 0.5) is 5.69 Å². The van der Waals surface area contributed by atoms with Gasteiger partial charge in [-0.2, -0.15) is 0 Å². The smallest absolute Gasteiger partial charge is 0.234 e. The molecule has 1 N–H and O–H groups in total. The van der Waals surface area contributed by atoms with E-state index in [2.05, 4.69) is 15.5 Å². The first kappa shape index (κ1) is 26.1. The molecule has 4 rings (SSSR count). The van der Waals surface area contributed by atoms with Crippen molar-refractivity contribution in [3.63, 3.8) is 0 Å². The Hall–Kier alpha value is -3.98. The zero-order valence-electron chi connectivity index (χ0n) is 21.4. The molecule has 37 heavy (non-hydrogen) atoms. The summed E-state index contributed by atoms with van der Waals surface area (Å²) < 4.78 is 18.8. The van der Waals surface area contributed by atoms with Gasteiger partial charge < -0.3 is 19.5 Å². The van der Waals surface area contributed by atoms with Crippen molar-refractivity contribution in [3.05, 3.63) is 83.7 Å². The van der Waals surface area contributed by atoms with Gasteiger partial charge in [0.2, 0.25) is 5.91 Å². The molecule has 1 heterocycles. The molecule has 0 spiro atoms. The molecule has 0 atom stereocenters. The number of anilines is 1. The van der Waals surface area contributed by atoms with Crippen LogP contribution in [0.25, 0.3) is 5.69 Å². The standard InChI is InChI=1S/C28H30N4O4S/c1-5-35-22-13-9-21(10-14-22)32-26(17-36-23-11-6-19(2)7-12-23)30-31-28(32)37-18-27(33)29-24-16-20(3)8-15-25(24)34-4/h6-16H,5,17-18H2,1-4H3,(H,29,33). The van der Waals surface area contributed by atoms with E-state index in [4.69, 9.17) is 14.2 Å². The van der Waals surface area contributed by atoms with Gasteiger partial charge in [0.05, 0.1) is 25.2 Å². The van der Waals surface area contributed by atoms with Crippen molar-refractivity contribution in [3.8, 4) is 22.9 Å². The predicted octanol–water partition coefficient (Wildman–Crippen LogP) is 5.60. The number of hydrogen-bond acceptors (Lipinski definition) is 7. The number of methoxy groups -OCH3 is 1. The molecule has 0 saturated heterocycles. The first-order chi connectivity index (χ1) is 18.0. The van der Waals surface area contributed by atoms with Crippen molar-refractivity contribution in [2.24, 2.45) is 0 Å². The van der Waals surface area contributed by atoms with Crippen LogP contribution in [-0.4, -0.2) is 40.1 Å². The highest BCUT2D eigenvalue weighted by Gasteiger charge is 2.17. The maximum Gasteiger partial charge on any atom is 0.234 e. The average Bonchev–Trinajstić information content (AvgIpc) is 3.31. The summed E-state index contributed by atoms with van der Waals surface area (Å²) in [5.41, 5.74) is 3.66. The van der Waals surface area contributed by atoms with Crippen LogP contribution in [-0.2, 0) is 11.4 Å². The highest BCUT2D eigenvalue weighted by atomic mass is 32.2. The van der Waals surface area contributed by atoms with Gasteiger partial charge >= 0.3 is 0 Å². The Balaban J connectivity index is 1.53. The third kappa shape index (κ3) is 6.83. The van der Waals surface area contributed by atoms with Gasteiger partial charge in [-0.1, -0.05) is 35.5 Å². The van der Waals surface area contributed by atoms with Crippen LogP contribution in [0.5, 0.6) is 17.2 Å². The fraction of sp³-hybridized carbons (Fsp3) is 0.250. The maximum atomic E-state index is 12.8. The molecule has 0 unspecified atom stereocenters. The molecule has 0 aliphatic carbocycles. The largest absolute Gasteiger partial charge is 0.495 e. The highest BCUT2D eigenvalue weighted by Crippen LogP contribution is 2.27. The van der Waals surface area contributed by atoms with Crippen molar-refractivity contribution in [2.75, 3.05) is 24.8 Å². The third-order valence-electron chi connectivity index (χ3n) is 5.46. The number of nitrogens with one attached hydrogen (secondary N) is 1. The van der Waals surface area contributed by atoms with Crippen LogP contribution >= 0.6 is 11.8 Å². The summed E-state index contributed by atoms with van der Waals surface area (Å²) in [4.78, 5) is 12.8. The molecule has 4 aromatic rings. The molecule has 1 aromatic heterocycles. The van der Waals surface area contributed by atoms with E-state index >= 15 is 0 Å². The van der Waals surface area contributed by atoms with Crippen LogP contribution in [0.2, 0.25) is 0 Å². The van der Waals surface area contributed by atoms with Gasteiger partial charge in [0, 0.05) is 5.69 Å². The molecule has 0 fully saturated rings. The molecule has 0 bridgehead atoms. The van der Waals surface area contributed by atoms with Crippen LogP contribution in [0.1, 0.15) is 23.9 Å². The summed E-state index contributed by atoms with van der Waals surface area (Å²) in [7, 11) is 1.58.